The molecule has 0 saturated carbocycles. The topological polar surface area (TPSA) is 24.9 Å². The molecule has 1 N–H and O–H groups in total. The summed E-state index contributed by atoms with van der Waals surface area (Å²) in [7, 11) is 0. The summed E-state index contributed by atoms with van der Waals surface area (Å²) in [6, 6.07) is 6.90. The van der Waals surface area contributed by atoms with Gasteiger partial charge in [0.05, 0.1) is 22.3 Å². The molecule has 0 bridgehead atoms. The number of aromatic nitrogens is 1. The normalized spacial score (nSPS) is 10.4. The molecule has 18 heavy (non-hydrogen) atoms. The minimum Gasteiger partial charge on any atom is -0.379 e. The average molecular weight is 285 g/mol. The van der Waals surface area contributed by atoms with E-state index in [1.165, 1.54) is 12.1 Å². The maximum atomic E-state index is 13.2. The Balaban J connectivity index is 2.08. The third-order valence-electron chi connectivity index (χ3n) is 2.43. The second kappa shape index (κ2) is 5.55. The Hall–Kier alpha value is -1.32. The Morgan fingerprint density at radius 1 is 1.22 bits per heavy atom. The van der Waals surface area contributed by atoms with Crippen molar-refractivity contribution < 1.29 is 4.39 Å². The van der Waals surface area contributed by atoms with Crippen LogP contribution in [0.2, 0.25) is 10.0 Å². The minimum absolute atomic E-state index is 0.00173. The van der Waals surface area contributed by atoms with Gasteiger partial charge in [-0.1, -0.05) is 29.3 Å². The molecular weight excluding hydrogens is 274 g/mol. The van der Waals surface area contributed by atoms with Crippen LogP contribution in [0.15, 0.2) is 30.5 Å². The molecule has 0 fully saturated rings. The van der Waals surface area contributed by atoms with Gasteiger partial charge in [-0.2, -0.15) is 0 Å². The second-order valence-corrected chi connectivity index (χ2v) is 4.75. The minimum atomic E-state index is -0.600. The van der Waals surface area contributed by atoms with Crippen molar-refractivity contribution in [1.29, 1.82) is 0 Å². The van der Waals surface area contributed by atoms with Crippen molar-refractivity contribution >= 4 is 28.9 Å². The predicted octanol–water partition coefficient (Wildman–Crippen LogP) is 4.45. The summed E-state index contributed by atoms with van der Waals surface area (Å²) in [6.07, 6.45) is 1.79. The zero-order valence-electron chi connectivity index (χ0n) is 9.67. The van der Waals surface area contributed by atoms with Gasteiger partial charge in [0, 0.05) is 11.9 Å². The van der Waals surface area contributed by atoms with Crippen LogP contribution in [0.4, 0.5) is 10.1 Å². The summed E-state index contributed by atoms with van der Waals surface area (Å²) in [4.78, 5) is 4.25. The monoisotopic (exact) mass is 284 g/mol. The van der Waals surface area contributed by atoms with E-state index < -0.39 is 5.82 Å². The summed E-state index contributed by atoms with van der Waals surface area (Å²) in [6.45, 7) is 2.50. The number of anilines is 1. The molecule has 0 aliphatic heterocycles. The van der Waals surface area contributed by atoms with Crippen molar-refractivity contribution in [3.63, 3.8) is 0 Å². The van der Waals surface area contributed by atoms with Crippen molar-refractivity contribution in [2.75, 3.05) is 5.32 Å². The van der Waals surface area contributed by atoms with Gasteiger partial charge in [0.15, 0.2) is 5.82 Å². The van der Waals surface area contributed by atoms with Crippen LogP contribution in [0.25, 0.3) is 0 Å². The van der Waals surface area contributed by atoms with Gasteiger partial charge in [-0.15, -0.1) is 0 Å². The van der Waals surface area contributed by atoms with E-state index >= 15 is 0 Å². The lowest BCUT2D eigenvalue weighted by molar-refractivity contribution is 0.629. The highest BCUT2D eigenvalue weighted by Gasteiger charge is 2.07. The molecular formula is C13H11Cl2FN2. The quantitative estimate of drug-likeness (QED) is 0.843. The first kappa shape index (κ1) is 13.1. The first-order valence-electron chi connectivity index (χ1n) is 5.36. The molecule has 0 spiro atoms. The molecule has 5 heteroatoms. The van der Waals surface area contributed by atoms with Gasteiger partial charge in [-0.3, -0.25) is 4.98 Å². The van der Waals surface area contributed by atoms with Gasteiger partial charge in [0.25, 0.3) is 0 Å². The molecule has 1 aromatic heterocycles. The zero-order valence-corrected chi connectivity index (χ0v) is 11.2. The van der Waals surface area contributed by atoms with E-state index in [0.717, 1.165) is 11.3 Å². The van der Waals surface area contributed by atoms with E-state index in [1.807, 2.05) is 19.1 Å². The maximum Gasteiger partial charge on any atom is 0.160 e. The van der Waals surface area contributed by atoms with Crippen LogP contribution < -0.4 is 5.32 Å². The highest BCUT2D eigenvalue weighted by molar-refractivity contribution is 6.35. The molecule has 0 radical (unpaired) electrons. The number of hydrogen-bond acceptors (Lipinski definition) is 2. The molecule has 0 aliphatic rings. The SMILES string of the molecule is Cc1ccc(CNc2cc(Cl)c(F)c(Cl)c2)nc1. The molecule has 2 nitrogen and oxygen atoms in total. The van der Waals surface area contributed by atoms with Gasteiger partial charge in [0.2, 0.25) is 0 Å². The third-order valence-corrected chi connectivity index (χ3v) is 2.98. The van der Waals surface area contributed by atoms with Gasteiger partial charge in [0.1, 0.15) is 0 Å². The Kier molecular flexibility index (Phi) is 4.04. The van der Waals surface area contributed by atoms with Gasteiger partial charge >= 0.3 is 0 Å². The van der Waals surface area contributed by atoms with Crippen LogP contribution in [0, 0.1) is 12.7 Å². The highest BCUT2D eigenvalue weighted by atomic mass is 35.5. The molecule has 2 aromatic rings. The molecule has 0 amide bonds. The van der Waals surface area contributed by atoms with Crippen LogP contribution in [0.3, 0.4) is 0 Å². The van der Waals surface area contributed by atoms with Crippen molar-refractivity contribution in [2.24, 2.45) is 0 Å². The molecule has 0 aliphatic carbocycles. The Labute approximate surface area is 115 Å². The highest BCUT2D eigenvalue weighted by Crippen LogP contribution is 2.27. The molecule has 0 unspecified atom stereocenters. The van der Waals surface area contributed by atoms with Crippen LogP contribution in [-0.4, -0.2) is 4.98 Å². The fourth-order valence-electron chi connectivity index (χ4n) is 1.45. The number of nitrogens with one attached hydrogen (secondary N) is 1. The summed E-state index contributed by atoms with van der Waals surface area (Å²) in [5.74, 6) is -0.600. The molecule has 2 rings (SSSR count). The van der Waals surface area contributed by atoms with E-state index in [1.54, 1.807) is 6.20 Å². The smallest absolute Gasteiger partial charge is 0.160 e. The summed E-state index contributed by atoms with van der Waals surface area (Å²) >= 11 is 11.4. The number of rotatable bonds is 3. The van der Waals surface area contributed by atoms with Gasteiger partial charge < -0.3 is 5.32 Å². The number of hydrogen-bond donors (Lipinski definition) is 1. The lowest BCUT2D eigenvalue weighted by Crippen LogP contribution is -2.02. The fraction of sp³-hybridized carbons (Fsp3) is 0.154. The summed E-state index contributed by atoms with van der Waals surface area (Å²) < 4.78 is 13.2. The first-order chi connectivity index (χ1) is 8.56. The number of pyridine rings is 1. The van der Waals surface area contributed by atoms with Crippen LogP contribution in [0.1, 0.15) is 11.3 Å². The zero-order chi connectivity index (χ0) is 13.1. The van der Waals surface area contributed by atoms with Crippen molar-refractivity contribution in [2.45, 2.75) is 13.5 Å². The van der Waals surface area contributed by atoms with Crippen molar-refractivity contribution in [1.82, 2.24) is 4.98 Å². The van der Waals surface area contributed by atoms with Crippen LogP contribution >= 0.6 is 23.2 Å². The van der Waals surface area contributed by atoms with Crippen LogP contribution in [-0.2, 0) is 6.54 Å². The maximum absolute atomic E-state index is 13.2. The van der Waals surface area contributed by atoms with Crippen molar-refractivity contribution in [3.8, 4) is 0 Å². The summed E-state index contributed by atoms with van der Waals surface area (Å²) in [5, 5.41) is 3.09. The molecule has 1 aromatic carbocycles. The molecule has 1 heterocycles. The van der Waals surface area contributed by atoms with Gasteiger partial charge in [-0.25, -0.2) is 4.39 Å². The average Bonchev–Trinajstić information content (AvgIpc) is 2.35. The fourth-order valence-corrected chi connectivity index (χ4v) is 1.94. The van der Waals surface area contributed by atoms with Crippen molar-refractivity contribution in [3.05, 3.63) is 57.6 Å². The van der Waals surface area contributed by atoms with E-state index in [2.05, 4.69) is 10.3 Å². The molecule has 94 valence electrons. The van der Waals surface area contributed by atoms with E-state index in [-0.39, 0.29) is 10.0 Å². The Morgan fingerprint density at radius 3 is 2.44 bits per heavy atom. The number of aryl methyl sites for hydroxylation is 1. The lowest BCUT2D eigenvalue weighted by Gasteiger charge is -2.08. The predicted molar refractivity (Wildman–Crippen MR) is 72.7 cm³/mol. The lowest BCUT2D eigenvalue weighted by atomic mass is 10.2. The number of nitrogens with zero attached hydrogens (tertiary/aromatic N) is 1. The standard InChI is InChI=1S/C13H11Cl2FN2/c1-8-2-3-9(17-6-8)7-18-10-4-11(14)13(16)12(15)5-10/h2-6,18H,7H2,1H3. The third kappa shape index (κ3) is 3.12. The number of halogens is 3. The second-order valence-electron chi connectivity index (χ2n) is 3.93. The van der Waals surface area contributed by atoms with E-state index in [9.17, 15) is 4.39 Å². The Morgan fingerprint density at radius 2 is 1.89 bits per heavy atom. The van der Waals surface area contributed by atoms with Crippen LogP contribution in [0.5, 0.6) is 0 Å². The number of benzene rings is 1. The van der Waals surface area contributed by atoms with Gasteiger partial charge in [-0.05, 0) is 30.7 Å². The molecule has 0 atom stereocenters. The van der Waals surface area contributed by atoms with E-state index in [0.29, 0.717) is 12.2 Å². The first-order valence-corrected chi connectivity index (χ1v) is 6.12. The molecule has 0 saturated heterocycles. The van der Waals surface area contributed by atoms with E-state index in [4.69, 9.17) is 23.2 Å². The Bertz CT molecular complexity index is 532. The summed E-state index contributed by atoms with van der Waals surface area (Å²) in [5.41, 5.74) is 2.65. The largest absolute Gasteiger partial charge is 0.379 e.